The smallest absolute Gasteiger partial charge is 0.205 e. The molecule has 1 heterocycles. The number of hydrogen-bond acceptors (Lipinski definition) is 5. The van der Waals surface area contributed by atoms with Crippen molar-refractivity contribution in [1.82, 2.24) is 0 Å². The number of carbonyl (C=O) groups is 1. The number of nitrogens with zero attached hydrogens (tertiary/aromatic N) is 1. The van der Waals surface area contributed by atoms with E-state index >= 15 is 0 Å². The Hall–Kier alpha value is -4.04. The minimum atomic E-state index is -0.497. The number of nitrogens with two attached hydrogens (primary N) is 1. The van der Waals surface area contributed by atoms with Gasteiger partial charge in [-0.1, -0.05) is 54.6 Å². The van der Waals surface area contributed by atoms with Crippen LogP contribution in [0.25, 0.3) is 10.8 Å². The first-order valence-corrected chi connectivity index (χ1v) is 10.7. The topological polar surface area (TPSA) is 85.3 Å². The van der Waals surface area contributed by atoms with Crippen molar-refractivity contribution in [2.24, 2.45) is 5.73 Å². The first-order valence-electron chi connectivity index (χ1n) is 10.7. The molecular formula is C27H22N2O3. The van der Waals surface area contributed by atoms with Crippen LogP contribution in [0.2, 0.25) is 0 Å². The SMILES string of the molecule is N#CC1=C(N)OC2=C(C(=O)CCC2)[C@H]1c1ccc(OCc2cccc3ccccc23)cc1. The molecule has 0 saturated carbocycles. The number of rotatable bonds is 4. The van der Waals surface area contributed by atoms with Gasteiger partial charge in [0.05, 0.1) is 5.92 Å². The summed E-state index contributed by atoms with van der Waals surface area (Å²) in [5.41, 5.74) is 8.80. The van der Waals surface area contributed by atoms with E-state index < -0.39 is 5.92 Å². The third-order valence-corrected chi connectivity index (χ3v) is 6.09. The van der Waals surface area contributed by atoms with Crippen LogP contribution in [0, 0.1) is 11.3 Å². The maximum Gasteiger partial charge on any atom is 0.205 e. The average molecular weight is 422 g/mol. The van der Waals surface area contributed by atoms with E-state index in [1.54, 1.807) is 0 Å². The summed E-state index contributed by atoms with van der Waals surface area (Å²) in [5, 5.41) is 12.0. The van der Waals surface area contributed by atoms with Crippen LogP contribution in [0.15, 0.2) is 89.5 Å². The van der Waals surface area contributed by atoms with E-state index in [4.69, 9.17) is 15.2 Å². The Morgan fingerprint density at radius 3 is 2.62 bits per heavy atom. The lowest BCUT2D eigenvalue weighted by atomic mass is 9.77. The van der Waals surface area contributed by atoms with Crippen molar-refractivity contribution in [3.05, 3.63) is 101 Å². The van der Waals surface area contributed by atoms with Crippen molar-refractivity contribution in [1.29, 1.82) is 5.26 Å². The van der Waals surface area contributed by atoms with E-state index in [1.807, 2.05) is 42.5 Å². The van der Waals surface area contributed by atoms with E-state index in [1.165, 1.54) is 10.8 Å². The van der Waals surface area contributed by atoms with E-state index in [0.717, 1.165) is 17.5 Å². The molecule has 0 spiro atoms. The molecule has 32 heavy (non-hydrogen) atoms. The van der Waals surface area contributed by atoms with Crippen molar-refractivity contribution in [2.45, 2.75) is 31.8 Å². The van der Waals surface area contributed by atoms with Crippen LogP contribution >= 0.6 is 0 Å². The summed E-state index contributed by atoms with van der Waals surface area (Å²) < 4.78 is 11.7. The molecule has 0 aromatic heterocycles. The van der Waals surface area contributed by atoms with E-state index in [0.29, 0.717) is 36.5 Å². The highest BCUT2D eigenvalue weighted by atomic mass is 16.5. The fourth-order valence-corrected chi connectivity index (χ4v) is 4.53. The van der Waals surface area contributed by atoms with Gasteiger partial charge in [0, 0.05) is 18.4 Å². The highest BCUT2D eigenvalue weighted by Gasteiger charge is 2.37. The summed E-state index contributed by atoms with van der Waals surface area (Å²) in [6.07, 6.45) is 1.85. The molecule has 0 unspecified atom stereocenters. The second-order valence-corrected chi connectivity index (χ2v) is 8.03. The van der Waals surface area contributed by atoms with Crippen LogP contribution in [-0.2, 0) is 16.1 Å². The molecule has 0 saturated heterocycles. The molecule has 5 rings (SSSR count). The van der Waals surface area contributed by atoms with Gasteiger partial charge in [0.2, 0.25) is 5.88 Å². The van der Waals surface area contributed by atoms with Gasteiger partial charge < -0.3 is 15.2 Å². The van der Waals surface area contributed by atoms with Gasteiger partial charge >= 0.3 is 0 Å². The summed E-state index contributed by atoms with van der Waals surface area (Å²) in [6.45, 7) is 0.446. The molecule has 0 fully saturated rings. The van der Waals surface area contributed by atoms with Gasteiger partial charge in [0.15, 0.2) is 5.78 Å². The number of hydrogen-bond donors (Lipinski definition) is 1. The molecule has 0 amide bonds. The summed E-state index contributed by atoms with van der Waals surface area (Å²) >= 11 is 0. The number of nitriles is 1. The number of Topliss-reactive ketones (excluding diaryl/α,β-unsaturated/α-hetero) is 1. The molecule has 1 aliphatic carbocycles. The maximum atomic E-state index is 12.7. The minimum Gasteiger partial charge on any atom is -0.489 e. The average Bonchev–Trinajstić information content (AvgIpc) is 2.82. The van der Waals surface area contributed by atoms with Crippen molar-refractivity contribution >= 4 is 16.6 Å². The number of ketones is 1. The molecule has 2 aliphatic rings. The number of carbonyl (C=O) groups excluding carboxylic acids is 1. The lowest BCUT2D eigenvalue weighted by Gasteiger charge is -2.31. The van der Waals surface area contributed by atoms with E-state index in [-0.39, 0.29) is 17.2 Å². The second-order valence-electron chi connectivity index (χ2n) is 8.03. The molecule has 3 aromatic rings. The third-order valence-electron chi connectivity index (χ3n) is 6.09. The zero-order chi connectivity index (χ0) is 22.1. The standard InChI is InChI=1S/C27H22N2O3/c28-15-22-25(26-23(30)9-4-10-24(26)32-27(22)29)18-11-13-20(14-12-18)31-16-19-7-3-6-17-5-1-2-8-21(17)19/h1-3,5-8,11-14,25H,4,9-10,16,29H2/t25-/m0/s1. The van der Waals surface area contributed by atoms with Gasteiger partial charge in [0.25, 0.3) is 0 Å². The zero-order valence-corrected chi connectivity index (χ0v) is 17.5. The van der Waals surface area contributed by atoms with Gasteiger partial charge in [-0.15, -0.1) is 0 Å². The predicted octanol–water partition coefficient (Wildman–Crippen LogP) is 5.23. The van der Waals surface area contributed by atoms with Crippen molar-refractivity contribution in [3.8, 4) is 11.8 Å². The normalized spacial score (nSPS) is 18.2. The molecule has 5 heteroatoms. The van der Waals surface area contributed by atoms with Crippen molar-refractivity contribution < 1.29 is 14.3 Å². The summed E-state index contributed by atoms with van der Waals surface area (Å²) in [4.78, 5) is 12.7. The van der Waals surface area contributed by atoms with Crippen molar-refractivity contribution in [2.75, 3.05) is 0 Å². The van der Waals surface area contributed by atoms with Gasteiger partial charge in [-0.25, -0.2) is 0 Å². The van der Waals surface area contributed by atoms with Crippen LogP contribution in [0.4, 0.5) is 0 Å². The fourth-order valence-electron chi connectivity index (χ4n) is 4.53. The van der Waals surface area contributed by atoms with Crippen LogP contribution in [-0.4, -0.2) is 5.78 Å². The zero-order valence-electron chi connectivity index (χ0n) is 17.5. The Labute approximate surface area is 186 Å². The highest BCUT2D eigenvalue weighted by molar-refractivity contribution is 5.99. The molecular weight excluding hydrogens is 400 g/mol. The number of benzene rings is 3. The van der Waals surface area contributed by atoms with Crippen molar-refractivity contribution in [3.63, 3.8) is 0 Å². The molecule has 3 aromatic carbocycles. The van der Waals surface area contributed by atoms with Gasteiger partial charge in [-0.05, 0) is 40.5 Å². The lowest BCUT2D eigenvalue weighted by molar-refractivity contribution is -0.116. The largest absolute Gasteiger partial charge is 0.489 e. The van der Waals surface area contributed by atoms with Crippen LogP contribution < -0.4 is 10.5 Å². The molecule has 2 N–H and O–H groups in total. The molecule has 1 aliphatic heterocycles. The van der Waals surface area contributed by atoms with Gasteiger partial charge in [0.1, 0.15) is 29.8 Å². The molecule has 5 nitrogen and oxygen atoms in total. The number of ether oxygens (including phenoxy) is 2. The number of fused-ring (bicyclic) bond motifs is 1. The maximum absolute atomic E-state index is 12.7. The Morgan fingerprint density at radius 2 is 1.81 bits per heavy atom. The summed E-state index contributed by atoms with van der Waals surface area (Å²) in [7, 11) is 0. The minimum absolute atomic E-state index is 0.0211. The Morgan fingerprint density at radius 1 is 1.03 bits per heavy atom. The molecule has 0 radical (unpaired) electrons. The Balaban J connectivity index is 1.41. The molecule has 0 bridgehead atoms. The Kier molecular flexibility index (Phi) is 5.12. The van der Waals surface area contributed by atoms with Gasteiger partial charge in [-0.2, -0.15) is 5.26 Å². The third kappa shape index (κ3) is 3.50. The lowest BCUT2D eigenvalue weighted by Crippen LogP contribution is -2.27. The van der Waals surface area contributed by atoms with Crippen LogP contribution in [0.5, 0.6) is 5.75 Å². The molecule has 158 valence electrons. The second kappa shape index (κ2) is 8.24. The van der Waals surface area contributed by atoms with Gasteiger partial charge in [-0.3, -0.25) is 4.79 Å². The van der Waals surface area contributed by atoms with E-state index in [2.05, 4.69) is 30.3 Å². The molecule has 1 atom stereocenters. The predicted molar refractivity (Wildman–Crippen MR) is 121 cm³/mol. The van der Waals surface area contributed by atoms with Crippen LogP contribution in [0.3, 0.4) is 0 Å². The summed E-state index contributed by atoms with van der Waals surface area (Å²) in [6, 6.07) is 24.1. The first kappa shape index (κ1) is 19.9. The Bertz CT molecular complexity index is 1310. The fraction of sp³-hybridized carbons (Fsp3) is 0.185. The van der Waals surface area contributed by atoms with E-state index in [9.17, 15) is 10.1 Å². The first-order chi connectivity index (χ1) is 15.7. The monoisotopic (exact) mass is 422 g/mol. The summed E-state index contributed by atoms with van der Waals surface area (Å²) in [5.74, 6) is 0.922. The number of allylic oxidation sites excluding steroid dienone is 3. The van der Waals surface area contributed by atoms with Crippen LogP contribution in [0.1, 0.15) is 36.3 Å². The quantitative estimate of drug-likeness (QED) is 0.622. The highest BCUT2D eigenvalue weighted by Crippen LogP contribution is 2.43.